The van der Waals surface area contributed by atoms with E-state index in [4.69, 9.17) is 4.98 Å². The summed E-state index contributed by atoms with van der Waals surface area (Å²) in [4.78, 5) is 43.0. The summed E-state index contributed by atoms with van der Waals surface area (Å²) >= 11 is 0. The van der Waals surface area contributed by atoms with Crippen molar-refractivity contribution < 1.29 is 78.6 Å². The van der Waals surface area contributed by atoms with Gasteiger partial charge in [0.25, 0.3) is 0 Å². The first kappa shape index (κ1) is 61.6. The number of hydrogen-bond acceptors (Lipinski definition) is 4. The molecule has 0 spiro atoms. The van der Waals surface area contributed by atoms with E-state index in [0.717, 1.165) is 79.9 Å². The first-order valence-corrected chi connectivity index (χ1v) is 32.5. The molecule has 0 atom stereocenters. The molecule has 10 aromatic rings. The Balaban J connectivity index is 0.992. The van der Waals surface area contributed by atoms with Gasteiger partial charge in [-0.25, -0.2) is 27.8 Å². The number of ether oxygens (including phenoxy) is 1. The van der Waals surface area contributed by atoms with E-state index in [1.54, 1.807) is 29.0 Å². The summed E-state index contributed by atoms with van der Waals surface area (Å²) in [5.41, 5.74) is 13.4. The van der Waals surface area contributed by atoms with Crippen molar-refractivity contribution in [1.82, 2.24) is 4.98 Å². The molecule has 0 amide bonds. The number of benzene rings is 2. The van der Waals surface area contributed by atoms with E-state index in [0.29, 0.717) is 37.6 Å². The van der Waals surface area contributed by atoms with Gasteiger partial charge in [-0.3, -0.25) is 9.13 Å². The van der Waals surface area contributed by atoms with Gasteiger partial charge in [0, 0.05) is 132 Å². The fraction of sp³-hybridized carbons (Fsp3) is 0.224. The number of hydrogen-bond donors (Lipinski definition) is 4. The van der Waals surface area contributed by atoms with E-state index in [2.05, 4.69) is 145 Å². The lowest BCUT2D eigenvalue weighted by Gasteiger charge is -2.13. The number of unbranched alkanes of at least 4 members (excludes halogenated alkanes) is 3. The molecule has 0 saturated carbocycles. The average molecular weight is 1220 g/mol. The van der Waals surface area contributed by atoms with Crippen LogP contribution in [0.15, 0.2) is 226 Å². The second-order valence-electron chi connectivity index (χ2n) is 21.7. The van der Waals surface area contributed by atoms with E-state index in [1.165, 1.54) is 31.4 Å². The predicted molar refractivity (Wildman–Crippen MR) is 319 cm³/mol. The van der Waals surface area contributed by atoms with Gasteiger partial charge < -0.3 is 24.3 Å². The Morgan fingerprint density at radius 3 is 1.38 bits per heavy atom. The van der Waals surface area contributed by atoms with Gasteiger partial charge in [-0.2, -0.15) is 9.13 Å². The third-order valence-electron chi connectivity index (χ3n) is 15.2. The molecule has 10 rings (SSSR count). The standard InChI is InChI=1S/C67H66F3N8O7P2/c1-2-3-4-6-28-72-30-14-53(15-31-72)55-20-36-76(37-21-55)50-61-46-59(48-74-38-22-57(23-39-74)58-24-40-77(41-25-58)63-9-11-64(12-10-63)85-67(68,69)70)60(49-75-34-18-56(19-35-75)54-16-32-73(33-17-54)42-44-87(82,83)84)47-62(61)51-78-29-7-5-8-66(78)65-45-52(13-27-71-65)26-43-86(79,80)81/h5,7-25,27,29-41,45-47H,2-4,6,26,28,42-44,48-51H2,1H3/q+3/p+4. The number of halogens is 3. The van der Waals surface area contributed by atoms with E-state index in [9.17, 15) is 41.9 Å². The maximum absolute atomic E-state index is 12.8. The molecule has 0 unspecified atom stereocenters. The van der Waals surface area contributed by atoms with E-state index < -0.39 is 21.6 Å². The molecule has 0 bridgehead atoms. The van der Waals surface area contributed by atoms with Crippen LogP contribution in [-0.2, 0) is 54.8 Å². The number of aryl methyl sites for hydroxylation is 3. The van der Waals surface area contributed by atoms with Crippen molar-refractivity contribution in [3.05, 3.63) is 254 Å². The molecule has 4 N–H and O–H groups in total. The Hall–Kier alpha value is -8.47. The Morgan fingerprint density at radius 1 is 0.471 bits per heavy atom. The normalized spacial score (nSPS) is 11.9. The zero-order chi connectivity index (χ0) is 61.0. The minimum Gasteiger partial charge on any atom is -0.406 e. The lowest BCUT2D eigenvalue weighted by molar-refractivity contribution is -0.697. The van der Waals surface area contributed by atoms with Crippen LogP contribution in [-0.4, -0.2) is 43.2 Å². The fourth-order valence-corrected chi connectivity index (χ4v) is 11.5. The quantitative estimate of drug-likeness (QED) is 0.0250. The van der Waals surface area contributed by atoms with Crippen molar-refractivity contribution in [2.45, 2.75) is 84.7 Å². The van der Waals surface area contributed by atoms with E-state index in [1.807, 2.05) is 84.1 Å². The molecule has 0 aliphatic heterocycles. The second kappa shape index (κ2) is 27.9. The minimum atomic E-state index is -4.77. The maximum Gasteiger partial charge on any atom is 0.573 e. The minimum absolute atomic E-state index is 0.197. The Labute approximate surface area is 503 Å². The summed E-state index contributed by atoms with van der Waals surface area (Å²) < 4.78 is 80.4. The van der Waals surface area contributed by atoms with Gasteiger partial charge in [-0.15, -0.1) is 13.2 Å². The SMILES string of the molecule is CCCCCC[n+]1ccc(-c2cc[n+](Cc3cc(C[n+]4ccc(-c5cc[n+](-c6ccc(OC(F)(F)F)cc6)cc5)cc4)c(C[n+]4ccc(-c5cc[n+](CCP(=O)(O)O)cc5)cc4)cc3C[n+]3ccccc3-c3cc(CCP(=O)(O)O)ccn3)cc2)cc1. The Kier molecular flexibility index (Phi) is 19.8. The molecule has 87 heavy (non-hydrogen) atoms. The van der Waals surface area contributed by atoms with Crippen LogP contribution < -0.4 is 36.7 Å². The first-order valence-electron chi connectivity index (χ1n) is 28.9. The van der Waals surface area contributed by atoms with Gasteiger partial charge >= 0.3 is 21.6 Å². The molecule has 0 radical (unpaired) electrons. The van der Waals surface area contributed by atoms with Gasteiger partial charge in [-0.05, 0) is 94.3 Å². The van der Waals surface area contributed by atoms with Crippen LogP contribution in [0.4, 0.5) is 13.2 Å². The van der Waals surface area contributed by atoms with E-state index >= 15 is 0 Å². The van der Waals surface area contributed by atoms with Crippen molar-refractivity contribution in [3.63, 3.8) is 0 Å². The average Bonchev–Trinajstić information content (AvgIpc) is 2.52. The third-order valence-corrected chi connectivity index (χ3v) is 16.8. The molecular formula is C67H70F3N8O7P2+7. The van der Waals surface area contributed by atoms with Crippen LogP contribution in [0, 0.1) is 0 Å². The molecule has 8 aromatic heterocycles. The van der Waals surface area contributed by atoms with E-state index in [-0.39, 0.29) is 31.0 Å². The van der Waals surface area contributed by atoms with Crippen LogP contribution >= 0.6 is 15.2 Å². The Bertz CT molecular complexity index is 4020. The van der Waals surface area contributed by atoms with Crippen LogP contribution in [0.3, 0.4) is 0 Å². The molecule has 0 aliphatic carbocycles. The first-order chi connectivity index (χ1) is 41.8. The smallest absolute Gasteiger partial charge is 0.406 e. The van der Waals surface area contributed by atoms with Crippen LogP contribution in [0.2, 0.25) is 0 Å². The molecule has 0 saturated heterocycles. The van der Waals surface area contributed by atoms with Gasteiger partial charge in [0.1, 0.15) is 24.2 Å². The highest BCUT2D eigenvalue weighted by molar-refractivity contribution is 7.52. The summed E-state index contributed by atoms with van der Waals surface area (Å²) in [7, 11) is -8.37. The molecule has 20 heteroatoms. The van der Waals surface area contributed by atoms with Gasteiger partial charge in [0.15, 0.2) is 113 Å². The van der Waals surface area contributed by atoms with Crippen molar-refractivity contribution in [2.24, 2.45) is 0 Å². The van der Waals surface area contributed by atoms with Crippen LogP contribution in [0.1, 0.15) is 60.4 Å². The highest BCUT2D eigenvalue weighted by Gasteiger charge is 2.31. The van der Waals surface area contributed by atoms with Crippen molar-refractivity contribution in [3.8, 4) is 56.2 Å². The van der Waals surface area contributed by atoms with Crippen LogP contribution in [0.25, 0.3) is 50.5 Å². The van der Waals surface area contributed by atoms with Crippen molar-refractivity contribution in [1.29, 1.82) is 0 Å². The number of aromatic nitrogens is 8. The molecule has 444 valence electrons. The monoisotopic (exact) mass is 1220 g/mol. The van der Waals surface area contributed by atoms with Gasteiger partial charge in [-0.1, -0.05) is 19.8 Å². The molecule has 0 aliphatic rings. The largest absolute Gasteiger partial charge is 0.573 e. The Morgan fingerprint density at radius 2 is 0.920 bits per heavy atom. The highest BCUT2D eigenvalue weighted by Crippen LogP contribution is 2.35. The molecule has 2 aromatic carbocycles. The summed E-state index contributed by atoms with van der Waals surface area (Å²) in [6, 6.07) is 44.6. The number of nitrogens with zero attached hydrogens (tertiary/aromatic N) is 8. The summed E-state index contributed by atoms with van der Waals surface area (Å²) in [6.07, 6.45) is 27.6. The van der Waals surface area contributed by atoms with Gasteiger partial charge in [0.2, 0.25) is 11.4 Å². The van der Waals surface area contributed by atoms with Gasteiger partial charge in [0.05, 0.1) is 6.16 Å². The topological polar surface area (TPSA) is 164 Å². The van der Waals surface area contributed by atoms with Crippen LogP contribution in [0.5, 0.6) is 5.75 Å². The number of pyridine rings is 8. The maximum atomic E-state index is 12.8. The predicted octanol–water partition coefficient (Wildman–Crippen LogP) is 9.32. The fourth-order valence-electron chi connectivity index (χ4n) is 10.5. The zero-order valence-electron chi connectivity index (χ0n) is 48.2. The summed E-state index contributed by atoms with van der Waals surface area (Å²) in [6.45, 7) is 5.49. The molecule has 8 heterocycles. The summed E-state index contributed by atoms with van der Waals surface area (Å²) in [5, 5.41) is 0. The number of rotatable bonds is 25. The van der Waals surface area contributed by atoms with Crippen molar-refractivity contribution in [2.75, 3.05) is 12.3 Å². The molecule has 0 fully saturated rings. The second-order valence-corrected chi connectivity index (χ2v) is 25.3. The zero-order valence-corrected chi connectivity index (χ0v) is 50.0. The highest BCUT2D eigenvalue weighted by atomic mass is 31.2. The molecular weight excluding hydrogens is 1150 g/mol. The lowest BCUT2D eigenvalue weighted by atomic mass is 9.96. The van der Waals surface area contributed by atoms with Crippen molar-refractivity contribution >= 4 is 15.2 Å². The lowest BCUT2D eigenvalue weighted by Crippen LogP contribution is -2.40. The third kappa shape index (κ3) is 17.8. The summed E-state index contributed by atoms with van der Waals surface area (Å²) in [5.74, 6) is -0.291. The number of alkyl halides is 3. The molecule has 15 nitrogen and oxygen atoms in total.